The van der Waals surface area contributed by atoms with E-state index in [1.807, 2.05) is 32.0 Å². The lowest BCUT2D eigenvalue weighted by Crippen LogP contribution is -2.62. The van der Waals surface area contributed by atoms with Crippen LogP contribution in [0.4, 0.5) is 0 Å². The van der Waals surface area contributed by atoms with E-state index in [1.165, 1.54) is 0 Å². The molecule has 102 valence electrons. The van der Waals surface area contributed by atoms with Crippen LogP contribution in [0.3, 0.4) is 0 Å². The van der Waals surface area contributed by atoms with Crippen LogP contribution in [0.15, 0.2) is 24.4 Å². The molecule has 1 aliphatic rings. The quantitative estimate of drug-likeness (QED) is 0.891. The highest BCUT2D eigenvalue weighted by Crippen LogP contribution is 2.24. The van der Waals surface area contributed by atoms with Crippen LogP contribution in [0.25, 0.3) is 0 Å². The Balaban J connectivity index is 2.30. The molecule has 5 heteroatoms. The maximum Gasteiger partial charge on any atom is 0.246 e. The van der Waals surface area contributed by atoms with Gasteiger partial charge in [-0.3, -0.25) is 14.6 Å². The first-order valence-corrected chi connectivity index (χ1v) is 6.59. The lowest BCUT2D eigenvalue weighted by molar-refractivity contribution is -0.151. The molecule has 0 radical (unpaired) electrons. The van der Waals surface area contributed by atoms with E-state index in [4.69, 9.17) is 0 Å². The second-order valence-electron chi connectivity index (χ2n) is 4.82. The lowest BCUT2D eigenvalue weighted by Gasteiger charge is -2.40. The van der Waals surface area contributed by atoms with Crippen LogP contribution in [-0.2, 0) is 9.59 Å². The van der Waals surface area contributed by atoms with Crippen molar-refractivity contribution in [3.63, 3.8) is 0 Å². The van der Waals surface area contributed by atoms with Crippen molar-refractivity contribution in [3.05, 3.63) is 30.1 Å². The zero-order chi connectivity index (χ0) is 14.0. The van der Waals surface area contributed by atoms with Crippen molar-refractivity contribution < 1.29 is 9.59 Å². The van der Waals surface area contributed by atoms with E-state index in [0.29, 0.717) is 6.42 Å². The Morgan fingerprint density at radius 1 is 1.42 bits per heavy atom. The van der Waals surface area contributed by atoms with Gasteiger partial charge in [-0.25, -0.2) is 0 Å². The predicted octanol–water partition coefficient (Wildman–Crippen LogP) is 1.27. The van der Waals surface area contributed by atoms with Gasteiger partial charge in [0, 0.05) is 6.20 Å². The Morgan fingerprint density at radius 2 is 2.16 bits per heavy atom. The van der Waals surface area contributed by atoms with Crippen molar-refractivity contribution in [2.24, 2.45) is 0 Å². The fraction of sp³-hybridized carbons (Fsp3) is 0.500. The van der Waals surface area contributed by atoms with Gasteiger partial charge >= 0.3 is 0 Å². The van der Waals surface area contributed by atoms with E-state index < -0.39 is 12.1 Å². The van der Waals surface area contributed by atoms with Crippen LogP contribution in [0.2, 0.25) is 0 Å². The second-order valence-corrected chi connectivity index (χ2v) is 4.82. The SMILES string of the molecule is CCC1NC(=O)C(C)N(C(C)c2ccccn2)C1=O. The van der Waals surface area contributed by atoms with E-state index in [-0.39, 0.29) is 17.9 Å². The molecule has 0 aromatic carbocycles. The Kier molecular flexibility index (Phi) is 3.83. The molecule has 0 spiro atoms. The monoisotopic (exact) mass is 261 g/mol. The van der Waals surface area contributed by atoms with Gasteiger partial charge in [0.05, 0.1) is 11.7 Å². The molecule has 1 aromatic rings. The molecule has 1 aliphatic heterocycles. The molecule has 0 saturated carbocycles. The summed E-state index contributed by atoms with van der Waals surface area (Å²) in [6.07, 6.45) is 2.30. The number of piperazine rings is 1. The summed E-state index contributed by atoms with van der Waals surface area (Å²) >= 11 is 0. The average Bonchev–Trinajstić information content (AvgIpc) is 2.44. The molecule has 1 aromatic heterocycles. The maximum atomic E-state index is 12.4. The Morgan fingerprint density at radius 3 is 2.74 bits per heavy atom. The van der Waals surface area contributed by atoms with Crippen LogP contribution in [0, 0.1) is 0 Å². The number of aromatic nitrogens is 1. The Bertz CT molecular complexity index is 475. The highest BCUT2D eigenvalue weighted by Gasteiger charge is 2.40. The van der Waals surface area contributed by atoms with E-state index in [2.05, 4.69) is 10.3 Å². The third kappa shape index (κ3) is 2.45. The third-order valence-corrected chi connectivity index (χ3v) is 3.61. The minimum atomic E-state index is -0.465. The summed E-state index contributed by atoms with van der Waals surface area (Å²) in [7, 11) is 0. The molecule has 3 unspecified atom stereocenters. The van der Waals surface area contributed by atoms with Crippen LogP contribution >= 0.6 is 0 Å². The fourth-order valence-corrected chi connectivity index (χ4v) is 2.42. The van der Waals surface area contributed by atoms with Crippen molar-refractivity contribution >= 4 is 11.8 Å². The fourth-order valence-electron chi connectivity index (χ4n) is 2.42. The highest BCUT2D eigenvalue weighted by molar-refractivity contribution is 5.96. The molecule has 5 nitrogen and oxygen atoms in total. The Hall–Kier alpha value is -1.91. The van der Waals surface area contributed by atoms with Crippen molar-refractivity contribution in [2.45, 2.75) is 45.3 Å². The van der Waals surface area contributed by atoms with Gasteiger partial charge in [0.1, 0.15) is 12.1 Å². The standard InChI is InChI=1S/C14H19N3O2/c1-4-11-14(19)17(10(3)13(18)16-11)9(2)12-7-5-6-8-15-12/h5-11H,4H2,1-3H3,(H,16,18). The number of hydrogen-bond acceptors (Lipinski definition) is 3. The molecule has 19 heavy (non-hydrogen) atoms. The lowest BCUT2D eigenvalue weighted by atomic mass is 10.0. The number of rotatable bonds is 3. The van der Waals surface area contributed by atoms with Gasteiger partial charge in [-0.15, -0.1) is 0 Å². The number of carbonyl (C=O) groups is 2. The van der Waals surface area contributed by atoms with Gasteiger partial charge in [-0.1, -0.05) is 13.0 Å². The molecule has 2 rings (SSSR count). The van der Waals surface area contributed by atoms with Crippen molar-refractivity contribution in [2.75, 3.05) is 0 Å². The van der Waals surface area contributed by atoms with Gasteiger partial charge in [-0.05, 0) is 32.4 Å². The summed E-state index contributed by atoms with van der Waals surface area (Å²) in [6, 6.07) is 4.50. The number of carbonyl (C=O) groups excluding carboxylic acids is 2. The van der Waals surface area contributed by atoms with Crippen LogP contribution < -0.4 is 5.32 Å². The summed E-state index contributed by atoms with van der Waals surface area (Å²) < 4.78 is 0. The number of nitrogens with zero attached hydrogens (tertiary/aromatic N) is 2. The second kappa shape index (κ2) is 5.38. The molecule has 1 fully saturated rings. The first-order chi connectivity index (χ1) is 9.06. The minimum Gasteiger partial charge on any atom is -0.343 e. The number of nitrogens with one attached hydrogen (secondary N) is 1. The van der Waals surface area contributed by atoms with E-state index in [0.717, 1.165) is 5.69 Å². The molecule has 2 heterocycles. The summed E-state index contributed by atoms with van der Waals surface area (Å²) in [5, 5.41) is 2.75. The van der Waals surface area contributed by atoms with E-state index in [9.17, 15) is 9.59 Å². The van der Waals surface area contributed by atoms with E-state index >= 15 is 0 Å². The van der Waals surface area contributed by atoms with Crippen molar-refractivity contribution in [1.82, 2.24) is 15.2 Å². The summed E-state index contributed by atoms with van der Waals surface area (Å²) in [5.41, 5.74) is 0.798. The molecule has 1 N–H and O–H groups in total. The van der Waals surface area contributed by atoms with Gasteiger partial charge < -0.3 is 10.2 Å². The molecule has 0 aliphatic carbocycles. The Labute approximate surface area is 113 Å². The summed E-state index contributed by atoms with van der Waals surface area (Å²) in [6.45, 7) is 5.54. The zero-order valence-electron chi connectivity index (χ0n) is 11.5. The number of pyridine rings is 1. The molecule has 1 saturated heterocycles. The van der Waals surface area contributed by atoms with Crippen LogP contribution in [0.5, 0.6) is 0 Å². The molecule has 2 amide bonds. The highest BCUT2D eigenvalue weighted by atomic mass is 16.2. The molecular weight excluding hydrogens is 242 g/mol. The number of amides is 2. The zero-order valence-corrected chi connectivity index (χ0v) is 11.5. The van der Waals surface area contributed by atoms with Gasteiger partial charge in [0.25, 0.3) is 0 Å². The largest absolute Gasteiger partial charge is 0.343 e. The molecular formula is C14H19N3O2. The topological polar surface area (TPSA) is 62.3 Å². The van der Waals surface area contributed by atoms with Crippen molar-refractivity contribution in [1.29, 1.82) is 0 Å². The van der Waals surface area contributed by atoms with Crippen LogP contribution in [0.1, 0.15) is 38.9 Å². The van der Waals surface area contributed by atoms with Crippen molar-refractivity contribution in [3.8, 4) is 0 Å². The van der Waals surface area contributed by atoms with Gasteiger partial charge in [-0.2, -0.15) is 0 Å². The minimum absolute atomic E-state index is 0.0345. The third-order valence-electron chi connectivity index (χ3n) is 3.61. The maximum absolute atomic E-state index is 12.4. The first-order valence-electron chi connectivity index (χ1n) is 6.59. The normalized spacial score (nSPS) is 25.1. The first kappa shape index (κ1) is 13.5. The summed E-state index contributed by atoms with van der Waals surface area (Å²) in [5.74, 6) is -0.137. The average molecular weight is 261 g/mol. The van der Waals surface area contributed by atoms with Gasteiger partial charge in [0.2, 0.25) is 11.8 Å². The van der Waals surface area contributed by atoms with Crippen LogP contribution in [-0.4, -0.2) is 33.8 Å². The molecule has 3 atom stereocenters. The van der Waals surface area contributed by atoms with E-state index in [1.54, 1.807) is 18.0 Å². The smallest absolute Gasteiger partial charge is 0.246 e. The molecule has 0 bridgehead atoms. The predicted molar refractivity (Wildman–Crippen MR) is 71.2 cm³/mol. The van der Waals surface area contributed by atoms with Gasteiger partial charge in [0.15, 0.2) is 0 Å². The number of hydrogen-bond donors (Lipinski definition) is 1. The summed E-state index contributed by atoms with van der Waals surface area (Å²) in [4.78, 5) is 30.2.